The lowest BCUT2D eigenvalue weighted by Crippen LogP contribution is -2.52. The zero-order chi connectivity index (χ0) is 23.9. The number of aliphatic hydroxyl groups excluding tert-OH is 1. The SMILES string of the molecule is Cc1[nH]c(-c2ccc(S(C)(=O)=O)cc2)nc1CN1CCC(N2Cc3ccccc3NC2O)CC1. The Balaban J connectivity index is 1.21. The van der Waals surface area contributed by atoms with Crippen LogP contribution in [0.1, 0.15) is 29.8 Å². The molecule has 8 nitrogen and oxygen atoms in total. The van der Waals surface area contributed by atoms with Crippen molar-refractivity contribution in [2.45, 2.75) is 50.1 Å². The molecule has 1 unspecified atom stereocenters. The highest BCUT2D eigenvalue weighted by molar-refractivity contribution is 7.90. The average Bonchev–Trinajstić information content (AvgIpc) is 3.19. The number of rotatable bonds is 5. The van der Waals surface area contributed by atoms with Crippen molar-refractivity contribution in [2.24, 2.45) is 0 Å². The molecular formula is C25H31N5O3S. The van der Waals surface area contributed by atoms with Crippen LogP contribution < -0.4 is 5.32 Å². The van der Waals surface area contributed by atoms with Crippen molar-refractivity contribution in [2.75, 3.05) is 24.7 Å². The predicted octanol–water partition coefficient (Wildman–Crippen LogP) is 2.96. The monoisotopic (exact) mass is 481 g/mol. The second-order valence-corrected chi connectivity index (χ2v) is 11.3. The number of para-hydroxylation sites is 1. The molecule has 5 rings (SSSR count). The Hall–Kier alpha value is -2.72. The quantitative estimate of drug-likeness (QED) is 0.515. The highest BCUT2D eigenvalue weighted by atomic mass is 32.2. The molecule has 1 aromatic heterocycles. The van der Waals surface area contributed by atoms with Crippen LogP contribution in [0.5, 0.6) is 0 Å². The average molecular weight is 482 g/mol. The summed E-state index contributed by atoms with van der Waals surface area (Å²) in [6.45, 7) is 5.44. The molecule has 2 aliphatic rings. The molecule has 1 fully saturated rings. The van der Waals surface area contributed by atoms with Gasteiger partial charge in [-0.3, -0.25) is 9.80 Å². The number of nitrogens with one attached hydrogen (secondary N) is 2. The van der Waals surface area contributed by atoms with E-state index in [9.17, 15) is 13.5 Å². The number of imidazole rings is 1. The van der Waals surface area contributed by atoms with Gasteiger partial charge in [0.25, 0.3) is 0 Å². The van der Waals surface area contributed by atoms with Crippen LogP contribution in [0.15, 0.2) is 53.4 Å². The Kier molecular flexibility index (Phi) is 6.20. The lowest BCUT2D eigenvalue weighted by molar-refractivity contribution is -0.0353. The number of likely N-dealkylation sites (tertiary alicyclic amines) is 1. The lowest BCUT2D eigenvalue weighted by atomic mass is 10.0. The van der Waals surface area contributed by atoms with E-state index in [2.05, 4.69) is 26.2 Å². The van der Waals surface area contributed by atoms with Crippen molar-refractivity contribution in [1.29, 1.82) is 0 Å². The fraction of sp³-hybridized carbons (Fsp3) is 0.400. The fourth-order valence-electron chi connectivity index (χ4n) is 4.90. The van der Waals surface area contributed by atoms with Gasteiger partial charge in [0.15, 0.2) is 16.2 Å². The first-order valence-corrected chi connectivity index (χ1v) is 13.5. The highest BCUT2D eigenvalue weighted by Crippen LogP contribution is 2.29. The summed E-state index contributed by atoms with van der Waals surface area (Å²) < 4.78 is 23.4. The second-order valence-electron chi connectivity index (χ2n) is 9.31. The number of fused-ring (bicyclic) bond motifs is 1. The van der Waals surface area contributed by atoms with Crippen molar-refractivity contribution < 1.29 is 13.5 Å². The second kappa shape index (κ2) is 9.14. The van der Waals surface area contributed by atoms with E-state index < -0.39 is 16.2 Å². The lowest BCUT2D eigenvalue weighted by Gasteiger charge is -2.43. The van der Waals surface area contributed by atoms with Gasteiger partial charge in [0.05, 0.1) is 10.6 Å². The number of aliphatic hydroxyl groups is 1. The van der Waals surface area contributed by atoms with Crippen molar-refractivity contribution in [3.05, 3.63) is 65.5 Å². The third kappa shape index (κ3) is 4.74. The van der Waals surface area contributed by atoms with E-state index in [1.54, 1.807) is 24.3 Å². The van der Waals surface area contributed by atoms with Crippen molar-refractivity contribution >= 4 is 15.5 Å². The Labute approximate surface area is 200 Å². The first kappa shape index (κ1) is 23.0. The molecule has 3 N–H and O–H groups in total. The summed E-state index contributed by atoms with van der Waals surface area (Å²) in [5.41, 5.74) is 5.14. The van der Waals surface area contributed by atoms with E-state index in [0.29, 0.717) is 10.9 Å². The van der Waals surface area contributed by atoms with Gasteiger partial charge in [0, 0.05) is 55.4 Å². The van der Waals surface area contributed by atoms with Crippen LogP contribution in [0.3, 0.4) is 0 Å². The molecular weight excluding hydrogens is 450 g/mol. The number of nitrogens with zero attached hydrogens (tertiary/aromatic N) is 3. The number of hydrogen-bond donors (Lipinski definition) is 3. The third-order valence-electron chi connectivity index (χ3n) is 6.91. The van der Waals surface area contributed by atoms with Crippen LogP contribution >= 0.6 is 0 Å². The molecule has 34 heavy (non-hydrogen) atoms. The molecule has 9 heteroatoms. The zero-order valence-corrected chi connectivity index (χ0v) is 20.3. The summed E-state index contributed by atoms with van der Waals surface area (Å²) in [6.07, 6.45) is 2.53. The minimum Gasteiger partial charge on any atom is -0.361 e. The standard InChI is InChI=1S/C25H31N5O3S/c1-17-23(27-24(26-17)18-7-9-21(10-8-18)34(2,32)33)16-29-13-11-20(12-14-29)30-15-19-5-3-4-6-22(19)28-25(30)31/h3-10,20,25,28,31H,11-16H2,1-2H3,(H,26,27). The molecule has 2 aliphatic heterocycles. The largest absolute Gasteiger partial charge is 0.361 e. The van der Waals surface area contributed by atoms with E-state index in [-0.39, 0.29) is 0 Å². The van der Waals surface area contributed by atoms with Crippen LogP contribution in [0.4, 0.5) is 5.69 Å². The summed E-state index contributed by atoms with van der Waals surface area (Å²) in [6, 6.07) is 15.3. The van der Waals surface area contributed by atoms with E-state index in [0.717, 1.165) is 67.5 Å². The summed E-state index contributed by atoms with van der Waals surface area (Å²) >= 11 is 0. The van der Waals surface area contributed by atoms with Gasteiger partial charge in [0.1, 0.15) is 5.82 Å². The van der Waals surface area contributed by atoms with Crippen molar-refractivity contribution in [1.82, 2.24) is 19.8 Å². The van der Waals surface area contributed by atoms with E-state index in [1.165, 1.54) is 11.8 Å². The molecule has 1 atom stereocenters. The third-order valence-corrected chi connectivity index (χ3v) is 8.04. The highest BCUT2D eigenvalue weighted by Gasteiger charge is 2.32. The van der Waals surface area contributed by atoms with E-state index in [1.807, 2.05) is 25.1 Å². The molecule has 3 aromatic rings. The maximum absolute atomic E-state index is 11.7. The van der Waals surface area contributed by atoms with Crippen molar-refractivity contribution in [3.63, 3.8) is 0 Å². The number of hydrogen-bond acceptors (Lipinski definition) is 7. The first-order valence-electron chi connectivity index (χ1n) is 11.6. The van der Waals surface area contributed by atoms with E-state index >= 15 is 0 Å². The van der Waals surface area contributed by atoms with Gasteiger partial charge in [0.2, 0.25) is 0 Å². The van der Waals surface area contributed by atoms with Crippen LogP contribution in [0.25, 0.3) is 11.4 Å². The van der Waals surface area contributed by atoms with Gasteiger partial charge >= 0.3 is 0 Å². The predicted molar refractivity (Wildman–Crippen MR) is 132 cm³/mol. The Bertz CT molecular complexity index is 1260. The summed E-state index contributed by atoms with van der Waals surface area (Å²) in [5.74, 6) is 0.753. The van der Waals surface area contributed by atoms with Crippen LogP contribution in [-0.2, 0) is 22.9 Å². The molecule has 180 valence electrons. The van der Waals surface area contributed by atoms with Gasteiger partial charge < -0.3 is 15.4 Å². The number of aryl methyl sites for hydroxylation is 1. The van der Waals surface area contributed by atoms with Crippen LogP contribution in [-0.4, -0.2) is 65.0 Å². The van der Waals surface area contributed by atoms with Gasteiger partial charge in [-0.15, -0.1) is 0 Å². The first-order chi connectivity index (χ1) is 16.3. The summed E-state index contributed by atoms with van der Waals surface area (Å²) in [5, 5.41) is 13.8. The smallest absolute Gasteiger partial charge is 0.184 e. The summed E-state index contributed by atoms with van der Waals surface area (Å²) in [7, 11) is -3.22. The molecule has 1 saturated heterocycles. The number of aromatic amines is 1. The number of aromatic nitrogens is 2. The van der Waals surface area contributed by atoms with Gasteiger partial charge in [-0.05, 0) is 55.7 Å². The molecule has 3 heterocycles. The number of anilines is 1. The molecule has 0 bridgehead atoms. The number of benzene rings is 2. The van der Waals surface area contributed by atoms with E-state index in [4.69, 9.17) is 4.98 Å². The zero-order valence-electron chi connectivity index (χ0n) is 19.5. The maximum atomic E-state index is 11.7. The molecule has 0 saturated carbocycles. The van der Waals surface area contributed by atoms with Gasteiger partial charge in [-0.1, -0.05) is 18.2 Å². The number of H-pyrrole nitrogens is 1. The van der Waals surface area contributed by atoms with Gasteiger partial charge in [-0.2, -0.15) is 0 Å². The molecule has 0 radical (unpaired) electrons. The summed E-state index contributed by atoms with van der Waals surface area (Å²) in [4.78, 5) is 13.0. The normalized spacial score (nSPS) is 20.1. The number of sulfone groups is 1. The van der Waals surface area contributed by atoms with Crippen molar-refractivity contribution in [3.8, 4) is 11.4 Å². The van der Waals surface area contributed by atoms with Gasteiger partial charge in [-0.25, -0.2) is 13.4 Å². The minimum atomic E-state index is -3.22. The Morgan fingerprint density at radius 2 is 1.79 bits per heavy atom. The maximum Gasteiger partial charge on any atom is 0.184 e. The van der Waals surface area contributed by atoms with Crippen LogP contribution in [0.2, 0.25) is 0 Å². The Morgan fingerprint density at radius 1 is 1.09 bits per heavy atom. The molecule has 0 amide bonds. The topological polar surface area (TPSA) is 102 Å². The molecule has 0 aliphatic carbocycles. The molecule has 2 aromatic carbocycles. The molecule has 0 spiro atoms. The van der Waals surface area contributed by atoms with Crippen LogP contribution in [0, 0.1) is 6.92 Å². The number of piperidine rings is 1. The minimum absolute atomic E-state index is 0.306. The Morgan fingerprint density at radius 3 is 2.50 bits per heavy atom. The fourth-order valence-corrected chi connectivity index (χ4v) is 5.53.